The zero-order valence-corrected chi connectivity index (χ0v) is 26.5. The SMILES string of the molecule is COc1ccnc(C(=O)NC2COC(=O)C(Cc3ccccc3)C(OC(=O)C(C)C)C(C)OC2=O)c1OC(=O)OCC(C)(C)C. The van der Waals surface area contributed by atoms with E-state index >= 15 is 0 Å². The van der Waals surface area contributed by atoms with Gasteiger partial charge < -0.3 is 33.7 Å². The Balaban J connectivity index is 1.87. The molecule has 1 fully saturated rings. The highest BCUT2D eigenvalue weighted by molar-refractivity contribution is 5.98. The number of hydrogen-bond donors (Lipinski definition) is 1. The zero-order chi connectivity index (χ0) is 33.3. The van der Waals surface area contributed by atoms with Crippen LogP contribution in [0, 0.1) is 17.3 Å². The molecular formula is C32H40N2O11. The van der Waals surface area contributed by atoms with Crippen LogP contribution in [-0.4, -0.2) is 73.5 Å². The molecule has 13 heteroatoms. The molecule has 0 bridgehead atoms. The third-order valence-electron chi connectivity index (χ3n) is 6.58. The minimum atomic E-state index is -1.49. The van der Waals surface area contributed by atoms with Crippen molar-refractivity contribution < 1.29 is 52.4 Å². The molecule has 2 aromatic rings. The van der Waals surface area contributed by atoms with Crippen LogP contribution in [0.15, 0.2) is 42.6 Å². The lowest BCUT2D eigenvalue weighted by Crippen LogP contribution is -2.47. The van der Waals surface area contributed by atoms with Gasteiger partial charge in [0.1, 0.15) is 18.6 Å². The van der Waals surface area contributed by atoms with E-state index in [1.54, 1.807) is 38.1 Å². The largest absolute Gasteiger partial charge is 0.514 e. The quantitative estimate of drug-likeness (QED) is 0.317. The molecule has 1 aromatic heterocycles. The predicted molar refractivity (Wildman–Crippen MR) is 158 cm³/mol. The summed E-state index contributed by atoms with van der Waals surface area (Å²) < 4.78 is 32.5. The van der Waals surface area contributed by atoms with E-state index in [0.29, 0.717) is 0 Å². The number of carbonyl (C=O) groups excluding carboxylic acids is 5. The van der Waals surface area contributed by atoms with Crippen LogP contribution < -0.4 is 14.8 Å². The maximum atomic E-state index is 13.4. The molecule has 3 rings (SSSR count). The van der Waals surface area contributed by atoms with E-state index in [0.717, 1.165) is 5.56 Å². The minimum Gasteiger partial charge on any atom is -0.493 e. The molecule has 0 aliphatic carbocycles. The monoisotopic (exact) mass is 628 g/mol. The van der Waals surface area contributed by atoms with Crippen LogP contribution >= 0.6 is 0 Å². The van der Waals surface area contributed by atoms with Gasteiger partial charge in [-0.15, -0.1) is 0 Å². The summed E-state index contributed by atoms with van der Waals surface area (Å²) >= 11 is 0. The summed E-state index contributed by atoms with van der Waals surface area (Å²) in [5.41, 5.74) is 0.0150. The number of ether oxygens (including phenoxy) is 6. The second kappa shape index (κ2) is 15.4. The molecule has 2 heterocycles. The molecule has 1 aromatic carbocycles. The molecule has 4 unspecified atom stereocenters. The summed E-state index contributed by atoms with van der Waals surface area (Å²) in [5.74, 6) is -5.14. The standard InChI is InChI=1S/C32H40N2O11/c1-18(2)28(36)44-25-19(3)43-30(38)22(16-41-29(37)21(25)15-20-11-9-8-10-12-20)34-27(35)24-26(23(40-7)13-14-33-24)45-31(39)42-17-32(4,5)6/h8-14,18-19,21-22,25H,15-17H2,1-7H3,(H,34,35). The van der Waals surface area contributed by atoms with E-state index in [1.165, 1.54) is 26.3 Å². The Hall–Kier alpha value is -4.68. The van der Waals surface area contributed by atoms with E-state index in [4.69, 9.17) is 28.4 Å². The number of benzene rings is 1. The van der Waals surface area contributed by atoms with Gasteiger partial charge in [-0.3, -0.25) is 14.4 Å². The summed E-state index contributed by atoms with van der Waals surface area (Å²) in [6, 6.07) is 8.91. The summed E-state index contributed by atoms with van der Waals surface area (Å²) in [7, 11) is 1.30. The van der Waals surface area contributed by atoms with Gasteiger partial charge in [-0.25, -0.2) is 14.6 Å². The Labute approximate surface area is 261 Å². The molecule has 45 heavy (non-hydrogen) atoms. The lowest BCUT2D eigenvalue weighted by Gasteiger charge is -2.29. The summed E-state index contributed by atoms with van der Waals surface area (Å²) in [4.78, 5) is 69.2. The average molecular weight is 629 g/mol. The van der Waals surface area contributed by atoms with E-state index in [-0.39, 0.29) is 29.9 Å². The fourth-order valence-corrected chi connectivity index (χ4v) is 4.22. The number of amides is 1. The van der Waals surface area contributed by atoms with Crippen LogP contribution in [0.4, 0.5) is 4.79 Å². The maximum Gasteiger partial charge on any atom is 0.514 e. The molecule has 1 N–H and O–H groups in total. The van der Waals surface area contributed by atoms with Crippen molar-refractivity contribution in [2.45, 2.75) is 66.2 Å². The van der Waals surface area contributed by atoms with Crippen LogP contribution in [-0.2, 0) is 39.8 Å². The van der Waals surface area contributed by atoms with Crippen molar-refractivity contribution in [3.63, 3.8) is 0 Å². The molecule has 4 atom stereocenters. The number of esters is 3. The van der Waals surface area contributed by atoms with Crippen LogP contribution in [0.5, 0.6) is 11.5 Å². The van der Waals surface area contributed by atoms with Gasteiger partial charge in [-0.05, 0) is 24.3 Å². The fraction of sp³-hybridized carbons (Fsp3) is 0.500. The molecule has 1 saturated heterocycles. The maximum absolute atomic E-state index is 13.4. The number of aromatic nitrogens is 1. The van der Waals surface area contributed by atoms with E-state index in [1.807, 2.05) is 26.8 Å². The number of methoxy groups -OCH3 is 1. The number of cyclic esters (lactones) is 2. The van der Waals surface area contributed by atoms with Gasteiger partial charge in [0, 0.05) is 12.3 Å². The Morgan fingerprint density at radius 2 is 1.76 bits per heavy atom. The van der Waals surface area contributed by atoms with Crippen molar-refractivity contribution in [3.05, 3.63) is 53.9 Å². The van der Waals surface area contributed by atoms with Crippen LogP contribution in [0.25, 0.3) is 0 Å². The zero-order valence-electron chi connectivity index (χ0n) is 26.5. The molecule has 244 valence electrons. The molecule has 0 saturated carbocycles. The van der Waals surface area contributed by atoms with E-state index in [2.05, 4.69) is 10.3 Å². The van der Waals surface area contributed by atoms with Crippen LogP contribution in [0.2, 0.25) is 0 Å². The first-order chi connectivity index (χ1) is 21.2. The first-order valence-corrected chi connectivity index (χ1v) is 14.5. The van der Waals surface area contributed by atoms with Crippen LogP contribution in [0.3, 0.4) is 0 Å². The van der Waals surface area contributed by atoms with Crippen molar-refractivity contribution in [3.8, 4) is 11.5 Å². The van der Waals surface area contributed by atoms with Crippen LogP contribution in [0.1, 0.15) is 57.6 Å². The van der Waals surface area contributed by atoms with Crippen molar-refractivity contribution in [1.82, 2.24) is 10.3 Å². The number of pyridine rings is 1. The Bertz CT molecular complexity index is 1370. The Morgan fingerprint density at radius 3 is 2.38 bits per heavy atom. The van der Waals surface area contributed by atoms with Crippen molar-refractivity contribution >= 4 is 30.0 Å². The average Bonchev–Trinajstić information content (AvgIpc) is 3.02. The van der Waals surface area contributed by atoms with Gasteiger partial charge in [0.15, 0.2) is 23.6 Å². The third-order valence-corrected chi connectivity index (χ3v) is 6.58. The second-order valence-electron chi connectivity index (χ2n) is 12.0. The minimum absolute atomic E-state index is 0.00137. The van der Waals surface area contributed by atoms with Gasteiger partial charge >= 0.3 is 24.1 Å². The second-order valence-corrected chi connectivity index (χ2v) is 12.0. The van der Waals surface area contributed by atoms with Crippen molar-refractivity contribution in [2.24, 2.45) is 17.3 Å². The van der Waals surface area contributed by atoms with Gasteiger partial charge in [0.05, 0.1) is 19.6 Å². The van der Waals surface area contributed by atoms with Gasteiger partial charge in [0.25, 0.3) is 5.91 Å². The topological polar surface area (TPSA) is 166 Å². The highest BCUT2D eigenvalue weighted by atomic mass is 16.7. The van der Waals surface area contributed by atoms with Gasteiger partial charge in [0.2, 0.25) is 5.75 Å². The van der Waals surface area contributed by atoms with Crippen molar-refractivity contribution in [1.29, 1.82) is 0 Å². The number of rotatable bonds is 9. The summed E-state index contributed by atoms with van der Waals surface area (Å²) in [6.07, 6.45) is -1.99. The molecule has 1 amide bonds. The molecule has 0 spiro atoms. The van der Waals surface area contributed by atoms with Crippen molar-refractivity contribution in [2.75, 3.05) is 20.3 Å². The van der Waals surface area contributed by atoms with Gasteiger partial charge in [-0.2, -0.15) is 0 Å². The smallest absolute Gasteiger partial charge is 0.493 e. The predicted octanol–water partition coefficient (Wildman–Crippen LogP) is 3.67. The first-order valence-electron chi connectivity index (χ1n) is 14.5. The number of nitrogens with one attached hydrogen (secondary N) is 1. The molecular weight excluding hydrogens is 588 g/mol. The molecule has 0 radical (unpaired) electrons. The summed E-state index contributed by atoms with van der Waals surface area (Å²) in [6.45, 7) is 9.77. The summed E-state index contributed by atoms with van der Waals surface area (Å²) in [5, 5.41) is 2.43. The van der Waals surface area contributed by atoms with E-state index < -0.39 is 72.4 Å². The van der Waals surface area contributed by atoms with E-state index in [9.17, 15) is 24.0 Å². The normalized spacial score (nSPS) is 20.4. The lowest BCUT2D eigenvalue weighted by atomic mass is 9.91. The van der Waals surface area contributed by atoms with Gasteiger partial charge in [-0.1, -0.05) is 65.0 Å². The Kier molecular flexibility index (Phi) is 11.9. The number of nitrogens with zero attached hydrogens (tertiary/aromatic N) is 1. The molecule has 1 aliphatic rings. The Morgan fingerprint density at radius 1 is 1.07 bits per heavy atom. The highest BCUT2D eigenvalue weighted by Crippen LogP contribution is 2.31. The molecule has 1 aliphatic heterocycles. The number of carbonyl (C=O) groups is 5. The highest BCUT2D eigenvalue weighted by Gasteiger charge is 2.42. The number of hydrogen-bond acceptors (Lipinski definition) is 12. The fourth-order valence-electron chi connectivity index (χ4n) is 4.22. The lowest BCUT2D eigenvalue weighted by molar-refractivity contribution is -0.176. The first kappa shape index (κ1) is 34.8. The molecule has 13 nitrogen and oxygen atoms in total. The third kappa shape index (κ3) is 9.91.